The van der Waals surface area contributed by atoms with Crippen molar-refractivity contribution in [3.8, 4) is 5.75 Å². The van der Waals surface area contributed by atoms with E-state index in [9.17, 15) is 10.1 Å². The van der Waals surface area contributed by atoms with E-state index in [0.717, 1.165) is 18.5 Å². The van der Waals surface area contributed by atoms with Crippen molar-refractivity contribution in [3.05, 3.63) is 46.3 Å². The molecule has 0 unspecified atom stereocenters. The average molecular weight is 290 g/mol. The number of hydrogen-bond acceptors (Lipinski definition) is 5. The largest absolute Gasteiger partial charge is 0.490 e. The zero-order valence-electron chi connectivity index (χ0n) is 12.1. The molecule has 0 atom stereocenters. The van der Waals surface area contributed by atoms with Crippen molar-refractivity contribution in [2.75, 3.05) is 12.4 Å². The lowest BCUT2D eigenvalue weighted by Gasteiger charge is -2.07. The number of nitro groups is 1. The third-order valence-corrected chi connectivity index (χ3v) is 3.01. The lowest BCUT2D eigenvalue weighted by atomic mass is 10.2. The van der Waals surface area contributed by atoms with Crippen LogP contribution in [0.3, 0.4) is 0 Å². The van der Waals surface area contributed by atoms with E-state index in [0.29, 0.717) is 12.2 Å². The van der Waals surface area contributed by atoms with Crippen LogP contribution in [0.15, 0.2) is 30.6 Å². The molecule has 1 heterocycles. The van der Waals surface area contributed by atoms with Crippen LogP contribution in [0.25, 0.3) is 0 Å². The fourth-order valence-electron chi connectivity index (χ4n) is 2.00. The van der Waals surface area contributed by atoms with Crippen LogP contribution in [-0.4, -0.2) is 21.8 Å². The summed E-state index contributed by atoms with van der Waals surface area (Å²) < 4.78 is 6.85. The Bertz CT molecular complexity index is 624. The molecule has 0 amide bonds. The normalized spacial score (nSPS) is 10.4. The number of nitrogens with one attached hydrogen (secondary N) is 1. The van der Waals surface area contributed by atoms with Crippen molar-refractivity contribution in [1.82, 2.24) is 9.78 Å². The molecule has 0 aliphatic heterocycles. The summed E-state index contributed by atoms with van der Waals surface area (Å²) in [4.78, 5) is 10.5. The van der Waals surface area contributed by atoms with E-state index in [2.05, 4.69) is 17.3 Å². The molecular formula is C14H18N4O3. The number of methoxy groups -OCH3 is 1. The predicted octanol–water partition coefficient (Wildman–Crippen LogP) is 2.82. The Labute approximate surface area is 122 Å². The number of anilines is 1. The summed E-state index contributed by atoms with van der Waals surface area (Å²) in [6, 6.07) is 4.80. The third-order valence-electron chi connectivity index (χ3n) is 3.01. The van der Waals surface area contributed by atoms with Crippen molar-refractivity contribution in [2.45, 2.75) is 26.4 Å². The third kappa shape index (κ3) is 3.71. The number of aryl methyl sites for hydroxylation is 1. The molecule has 2 aromatic rings. The minimum absolute atomic E-state index is 0.0517. The quantitative estimate of drug-likeness (QED) is 0.626. The highest BCUT2D eigenvalue weighted by atomic mass is 16.6. The minimum Gasteiger partial charge on any atom is -0.490 e. The van der Waals surface area contributed by atoms with Gasteiger partial charge in [-0.2, -0.15) is 5.10 Å². The summed E-state index contributed by atoms with van der Waals surface area (Å²) in [6.07, 6.45) is 4.79. The number of nitrogens with zero attached hydrogens (tertiary/aromatic N) is 3. The molecule has 2 rings (SSSR count). The van der Waals surface area contributed by atoms with Gasteiger partial charge in [-0.15, -0.1) is 0 Å². The van der Waals surface area contributed by atoms with Crippen LogP contribution in [0.2, 0.25) is 0 Å². The second-order valence-corrected chi connectivity index (χ2v) is 4.61. The highest BCUT2D eigenvalue weighted by molar-refractivity contribution is 5.58. The maximum Gasteiger partial charge on any atom is 0.312 e. The van der Waals surface area contributed by atoms with Crippen molar-refractivity contribution in [2.24, 2.45) is 0 Å². The first-order valence-corrected chi connectivity index (χ1v) is 6.71. The molecule has 0 radical (unpaired) electrons. The van der Waals surface area contributed by atoms with Gasteiger partial charge in [-0.3, -0.25) is 14.8 Å². The molecule has 0 bridgehead atoms. The summed E-state index contributed by atoms with van der Waals surface area (Å²) in [5.74, 6) is 0.251. The van der Waals surface area contributed by atoms with Crippen LogP contribution in [0.4, 0.5) is 11.4 Å². The Morgan fingerprint density at radius 2 is 2.29 bits per heavy atom. The zero-order valence-corrected chi connectivity index (χ0v) is 12.1. The van der Waals surface area contributed by atoms with Crippen LogP contribution in [0.5, 0.6) is 5.75 Å². The molecule has 0 aliphatic rings. The number of ether oxygens (including phenoxy) is 1. The van der Waals surface area contributed by atoms with Crippen LogP contribution >= 0.6 is 0 Å². The monoisotopic (exact) mass is 290 g/mol. The molecule has 0 spiro atoms. The number of rotatable bonds is 7. The van der Waals surface area contributed by atoms with E-state index in [1.807, 2.05) is 10.9 Å². The van der Waals surface area contributed by atoms with E-state index >= 15 is 0 Å². The first kappa shape index (κ1) is 14.8. The fourth-order valence-corrected chi connectivity index (χ4v) is 2.00. The topological polar surface area (TPSA) is 82.2 Å². The van der Waals surface area contributed by atoms with Gasteiger partial charge in [-0.25, -0.2) is 0 Å². The second kappa shape index (κ2) is 6.74. The van der Waals surface area contributed by atoms with Crippen molar-refractivity contribution >= 4 is 11.4 Å². The molecule has 0 saturated carbocycles. The molecule has 112 valence electrons. The highest BCUT2D eigenvalue weighted by Gasteiger charge is 2.15. The first-order chi connectivity index (χ1) is 10.1. The maximum atomic E-state index is 11.0. The minimum atomic E-state index is -0.455. The van der Waals surface area contributed by atoms with E-state index in [1.165, 1.54) is 13.2 Å². The van der Waals surface area contributed by atoms with Crippen molar-refractivity contribution in [1.29, 1.82) is 0 Å². The molecule has 7 nitrogen and oxygen atoms in total. The van der Waals surface area contributed by atoms with Crippen LogP contribution < -0.4 is 10.1 Å². The molecule has 1 aromatic carbocycles. The van der Waals surface area contributed by atoms with Gasteiger partial charge in [-0.05, 0) is 18.6 Å². The summed E-state index contributed by atoms with van der Waals surface area (Å²) in [5, 5.41) is 18.4. The number of nitro benzene ring substituents is 1. The summed E-state index contributed by atoms with van der Waals surface area (Å²) in [5.41, 5.74) is 1.65. The SMILES string of the molecule is CCCn1cc(CNc2ccc(OC)c([N+](=O)[O-])c2)cn1. The standard InChI is InChI=1S/C14H18N4O3/c1-3-6-17-10-11(9-16-17)8-15-12-4-5-14(21-2)13(7-12)18(19)20/h4-5,7,9-10,15H,3,6,8H2,1-2H3. The van der Waals surface area contributed by atoms with Gasteiger partial charge < -0.3 is 10.1 Å². The Balaban J connectivity index is 2.05. The zero-order chi connectivity index (χ0) is 15.2. The van der Waals surface area contributed by atoms with E-state index < -0.39 is 4.92 Å². The first-order valence-electron chi connectivity index (χ1n) is 6.71. The fraction of sp³-hybridized carbons (Fsp3) is 0.357. The van der Waals surface area contributed by atoms with Crippen molar-refractivity contribution in [3.63, 3.8) is 0 Å². The van der Waals surface area contributed by atoms with Crippen molar-refractivity contribution < 1.29 is 9.66 Å². The molecule has 1 aromatic heterocycles. The van der Waals surface area contributed by atoms with Gasteiger partial charge in [-0.1, -0.05) is 6.92 Å². The number of hydrogen-bond donors (Lipinski definition) is 1. The van der Waals surface area contributed by atoms with Crippen LogP contribution in [0.1, 0.15) is 18.9 Å². The smallest absolute Gasteiger partial charge is 0.312 e. The molecule has 0 saturated heterocycles. The van der Waals surface area contributed by atoms with Gasteiger partial charge in [0.1, 0.15) is 0 Å². The Morgan fingerprint density at radius 3 is 2.95 bits per heavy atom. The number of aromatic nitrogens is 2. The molecule has 7 heteroatoms. The van der Waals surface area contributed by atoms with Gasteiger partial charge >= 0.3 is 5.69 Å². The molecule has 21 heavy (non-hydrogen) atoms. The second-order valence-electron chi connectivity index (χ2n) is 4.61. The van der Waals surface area contributed by atoms with E-state index in [4.69, 9.17) is 4.74 Å². The Morgan fingerprint density at radius 1 is 1.48 bits per heavy atom. The lowest BCUT2D eigenvalue weighted by Crippen LogP contribution is -2.01. The van der Waals surface area contributed by atoms with E-state index in [1.54, 1.807) is 18.3 Å². The van der Waals surface area contributed by atoms with E-state index in [-0.39, 0.29) is 11.4 Å². The van der Waals surface area contributed by atoms with Crippen LogP contribution in [-0.2, 0) is 13.1 Å². The Hall–Kier alpha value is -2.57. The van der Waals surface area contributed by atoms with Gasteiger partial charge in [0.25, 0.3) is 0 Å². The lowest BCUT2D eigenvalue weighted by molar-refractivity contribution is -0.385. The molecule has 0 aliphatic carbocycles. The molecule has 0 fully saturated rings. The highest BCUT2D eigenvalue weighted by Crippen LogP contribution is 2.29. The van der Waals surface area contributed by atoms with Gasteiger partial charge in [0, 0.05) is 36.6 Å². The van der Waals surface area contributed by atoms with Crippen LogP contribution in [0, 0.1) is 10.1 Å². The molecular weight excluding hydrogens is 272 g/mol. The van der Waals surface area contributed by atoms with Gasteiger partial charge in [0.2, 0.25) is 0 Å². The van der Waals surface area contributed by atoms with Gasteiger partial charge in [0.05, 0.1) is 18.2 Å². The maximum absolute atomic E-state index is 11.0. The average Bonchev–Trinajstić information content (AvgIpc) is 2.93. The molecule has 1 N–H and O–H groups in total. The predicted molar refractivity (Wildman–Crippen MR) is 79.5 cm³/mol. The number of benzene rings is 1. The summed E-state index contributed by atoms with van der Waals surface area (Å²) in [7, 11) is 1.41. The van der Waals surface area contributed by atoms with Gasteiger partial charge in [0.15, 0.2) is 5.75 Å². The summed E-state index contributed by atoms with van der Waals surface area (Å²) in [6.45, 7) is 3.54. The Kier molecular flexibility index (Phi) is 4.76. The summed E-state index contributed by atoms with van der Waals surface area (Å²) >= 11 is 0.